The molecule has 1 unspecified atom stereocenters. The molecule has 1 fully saturated rings. The molecule has 2 heterocycles. The second-order valence-electron chi connectivity index (χ2n) is 5.27. The van der Waals surface area contributed by atoms with E-state index >= 15 is 0 Å². The average Bonchev–Trinajstić information content (AvgIpc) is 2.97. The molecule has 1 saturated heterocycles. The van der Waals surface area contributed by atoms with E-state index in [4.69, 9.17) is 0 Å². The van der Waals surface area contributed by atoms with Gasteiger partial charge in [0.05, 0.1) is 5.41 Å². The average molecular weight is 266 g/mol. The van der Waals surface area contributed by atoms with Crippen LogP contribution in [0.1, 0.15) is 20.3 Å². The topological polar surface area (TPSA) is 88.3 Å². The molecule has 19 heavy (non-hydrogen) atoms. The van der Waals surface area contributed by atoms with E-state index in [9.17, 15) is 14.7 Å². The Morgan fingerprint density at radius 2 is 2.21 bits per heavy atom. The van der Waals surface area contributed by atoms with Gasteiger partial charge < -0.3 is 10.0 Å². The Kier molecular flexibility index (Phi) is 3.55. The molecule has 1 N–H and O–H groups in total. The molecule has 0 aliphatic carbocycles. The summed E-state index contributed by atoms with van der Waals surface area (Å²) in [6, 6.07) is 0. The van der Waals surface area contributed by atoms with Gasteiger partial charge in [-0.15, -0.1) is 0 Å². The lowest BCUT2D eigenvalue weighted by molar-refractivity contribution is -0.151. The number of carbonyl (C=O) groups excluding carboxylic acids is 1. The van der Waals surface area contributed by atoms with Gasteiger partial charge >= 0.3 is 5.97 Å². The first kappa shape index (κ1) is 13.5. The summed E-state index contributed by atoms with van der Waals surface area (Å²) < 4.78 is 1.44. The predicted molar refractivity (Wildman–Crippen MR) is 66.1 cm³/mol. The Morgan fingerprint density at radius 1 is 1.47 bits per heavy atom. The highest BCUT2D eigenvalue weighted by Crippen LogP contribution is 2.38. The molecular weight excluding hydrogens is 248 g/mol. The zero-order valence-corrected chi connectivity index (χ0v) is 11.1. The number of hydrogen-bond acceptors (Lipinski definition) is 4. The maximum Gasteiger partial charge on any atom is 0.311 e. The molecule has 1 aliphatic rings. The molecule has 1 aromatic heterocycles. The van der Waals surface area contributed by atoms with Crippen LogP contribution in [0.15, 0.2) is 12.7 Å². The molecule has 0 aromatic carbocycles. The van der Waals surface area contributed by atoms with Crippen LogP contribution in [0.25, 0.3) is 0 Å². The van der Waals surface area contributed by atoms with Crippen LogP contribution in [0.5, 0.6) is 0 Å². The Labute approximate surface area is 111 Å². The first-order valence-corrected chi connectivity index (χ1v) is 6.29. The molecule has 1 aromatic rings. The van der Waals surface area contributed by atoms with Crippen molar-refractivity contribution in [2.45, 2.75) is 26.8 Å². The van der Waals surface area contributed by atoms with Crippen molar-refractivity contribution in [1.29, 1.82) is 0 Å². The number of amides is 1. The monoisotopic (exact) mass is 266 g/mol. The van der Waals surface area contributed by atoms with Gasteiger partial charge in [-0.05, 0) is 12.3 Å². The maximum absolute atomic E-state index is 12.1. The van der Waals surface area contributed by atoms with Crippen molar-refractivity contribution in [2.24, 2.45) is 11.3 Å². The molecular formula is C12H18N4O3. The minimum Gasteiger partial charge on any atom is -0.481 e. The molecule has 7 nitrogen and oxygen atoms in total. The van der Waals surface area contributed by atoms with Crippen molar-refractivity contribution >= 4 is 11.9 Å². The maximum atomic E-state index is 12.1. The highest BCUT2D eigenvalue weighted by Gasteiger charge is 2.48. The van der Waals surface area contributed by atoms with E-state index in [1.807, 2.05) is 13.8 Å². The molecule has 0 saturated carbocycles. The minimum atomic E-state index is -0.821. The molecule has 0 bridgehead atoms. The summed E-state index contributed by atoms with van der Waals surface area (Å²) in [5, 5.41) is 13.3. The van der Waals surface area contributed by atoms with E-state index < -0.39 is 11.4 Å². The molecule has 0 spiro atoms. The van der Waals surface area contributed by atoms with Gasteiger partial charge in [0.2, 0.25) is 5.91 Å². The van der Waals surface area contributed by atoms with Gasteiger partial charge in [0, 0.05) is 13.1 Å². The molecule has 104 valence electrons. The standard InChI is InChI=1S/C12H18N4O3/c1-9(2)12(11(18)19)3-4-15(6-12)10(17)5-16-8-13-7-14-16/h7-9H,3-6H2,1-2H3,(H,18,19). The van der Waals surface area contributed by atoms with Crippen LogP contribution < -0.4 is 0 Å². The summed E-state index contributed by atoms with van der Waals surface area (Å²) >= 11 is 0. The number of carboxylic acid groups (broad SMARTS) is 1. The third-order valence-corrected chi connectivity index (χ3v) is 3.95. The lowest BCUT2D eigenvalue weighted by Crippen LogP contribution is -2.41. The molecule has 7 heteroatoms. The summed E-state index contributed by atoms with van der Waals surface area (Å²) in [6.45, 7) is 4.64. The van der Waals surface area contributed by atoms with E-state index in [-0.39, 0.29) is 24.9 Å². The number of hydrogen-bond donors (Lipinski definition) is 1. The second-order valence-corrected chi connectivity index (χ2v) is 5.27. The van der Waals surface area contributed by atoms with Crippen molar-refractivity contribution < 1.29 is 14.7 Å². The van der Waals surface area contributed by atoms with Crippen LogP contribution in [0.2, 0.25) is 0 Å². The van der Waals surface area contributed by atoms with Crippen LogP contribution in [-0.2, 0) is 16.1 Å². The lowest BCUT2D eigenvalue weighted by Gasteiger charge is -2.28. The zero-order chi connectivity index (χ0) is 14.0. The molecule has 1 amide bonds. The van der Waals surface area contributed by atoms with Crippen molar-refractivity contribution in [2.75, 3.05) is 13.1 Å². The molecule has 1 atom stereocenters. The highest BCUT2D eigenvalue weighted by atomic mass is 16.4. The van der Waals surface area contributed by atoms with E-state index in [1.54, 1.807) is 4.90 Å². The van der Waals surface area contributed by atoms with Crippen LogP contribution in [-0.4, -0.2) is 49.7 Å². The summed E-state index contributed by atoms with van der Waals surface area (Å²) in [5.41, 5.74) is -0.821. The number of aliphatic carboxylic acids is 1. The van der Waals surface area contributed by atoms with Gasteiger partial charge in [-0.3, -0.25) is 9.59 Å². The SMILES string of the molecule is CC(C)C1(C(=O)O)CCN(C(=O)Cn2cncn2)C1. The fourth-order valence-electron chi connectivity index (χ4n) is 2.49. The minimum absolute atomic E-state index is 0.00540. The number of nitrogens with zero attached hydrogens (tertiary/aromatic N) is 4. The molecule has 1 aliphatic heterocycles. The second kappa shape index (κ2) is 4.99. The third-order valence-electron chi connectivity index (χ3n) is 3.95. The predicted octanol–water partition coefficient (Wildman–Crippen LogP) is 0.237. The molecule has 0 radical (unpaired) electrons. The zero-order valence-electron chi connectivity index (χ0n) is 11.1. The third kappa shape index (κ3) is 2.45. The van der Waals surface area contributed by atoms with Gasteiger partial charge in [0.15, 0.2) is 0 Å². The van der Waals surface area contributed by atoms with Crippen LogP contribution >= 0.6 is 0 Å². The van der Waals surface area contributed by atoms with E-state index in [0.29, 0.717) is 13.0 Å². The first-order valence-electron chi connectivity index (χ1n) is 6.29. The summed E-state index contributed by atoms with van der Waals surface area (Å²) in [4.78, 5) is 29.0. The summed E-state index contributed by atoms with van der Waals surface area (Å²) in [5.74, 6) is -0.943. The van der Waals surface area contributed by atoms with Gasteiger partial charge in [0.1, 0.15) is 19.2 Å². The van der Waals surface area contributed by atoms with E-state index in [0.717, 1.165) is 0 Å². The van der Waals surface area contributed by atoms with E-state index in [2.05, 4.69) is 10.1 Å². The summed E-state index contributed by atoms with van der Waals surface area (Å²) in [6.07, 6.45) is 3.34. The Morgan fingerprint density at radius 3 is 2.68 bits per heavy atom. The Balaban J connectivity index is 2.05. The quantitative estimate of drug-likeness (QED) is 0.843. The summed E-state index contributed by atoms with van der Waals surface area (Å²) in [7, 11) is 0. The van der Waals surface area contributed by atoms with Crippen LogP contribution in [0.3, 0.4) is 0 Å². The number of carboxylic acids is 1. The van der Waals surface area contributed by atoms with E-state index in [1.165, 1.54) is 17.3 Å². The van der Waals surface area contributed by atoms with Crippen molar-refractivity contribution in [3.8, 4) is 0 Å². The number of rotatable bonds is 4. The highest BCUT2D eigenvalue weighted by molar-refractivity contribution is 5.80. The fourth-order valence-corrected chi connectivity index (χ4v) is 2.49. The normalized spacial score (nSPS) is 23.0. The van der Waals surface area contributed by atoms with Crippen LogP contribution in [0, 0.1) is 11.3 Å². The van der Waals surface area contributed by atoms with Gasteiger partial charge in [-0.25, -0.2) is 9.67 Å². The number of likely N-dealkylation sites (tertiary alicyclic amines) is 1. The number of carbonyl (C=O) groups is 2. The fraction of sp³-hybridized carbons (Fsp3) is 0.667. The van der Waals surface area contributed by atoms with Crippen LogP contribution in [0.4, 0.5) is 0 Å². The van der Waals surface area contributed by atoms with Crippen molar-refractivity contribution in [1.82, 2.24) is 19.7 Å². The lowest BCUT2D eigenvalue weighted by atomic mass is 9.76. The van der Waals surface area contributed by atoms with Gasteiger partial charge in [0.25, 0.3) is 0 Å². The van der Waals surface area contributed by atoms with Gasteiger partial charge in [-0.1, -0.05) is 13.8 Å². The largest absolute Gasteiger partial charge is 0.481 e. The smallest absolute Gasteiger partial charge is 0.311 e. The number of aromatic nitrogens is 3. The molecule has 2 rings (SSSR count). The van der Waals surface area contributed by atoms with Crippen molar-refractivity contribution in [3.05, 3.63) is 12.7 Å². The Bertz CT molecular complexity index is 471. The van der Waals surface area contributed by atoms with Gasteiger partial charge in [-0.2, -0.15) is 5.10 Å². The Hall–Kier alpha value is -1.92. The van der Waals surface area contributed by atoms with Crippen molar-refractivity contribution in [3.63, 3.8) is 0 Å². The first-order chi connectivity index (χ1) is 8.95.